The predicted octanol–water partition coefficient (Wildman–Crippen LogP) is 4.15. The highest BCUT2D eigenvalue weighted by molar-refractivity contribution is 9.09. The molecule has 182 valence electrons. The van der Waals surface area contributed by atoms with Crippen molar-refractivity contribution < 1.29 is 17.7 Å². The quantitative estimate of drug-likeness (QED) is 0.438. The van der Waals surface area contributed by atoms with Gasteiger partial charge in [0.25, 0.3) is 5.56 Å². The molecule has 1 aromatic heterocycles. The summed E-state index contributed by atoms with van der Waals surface area (Å²) < 4.78 is 28.7. The molecule has 8 nitrogen and oxygen atoms in total. The molecule has 2 aliphatic heterocycles. The topological polar surface area (TPSA) is 91.8 Å². The monoisotopic (exact) mass is 548 g/mol. The van der Waals surface area contributed by atoms with Crippen molar-refractivity contribution in [2.75, 3.05) is 6.61 Å². The number of aromatic amines is 1. The van der Waals surface area contributed by atoms with Crippen molar-refractivity contribution in [1.82, 2.24) is 9.55 Å². The molecule has 2 saturated heterocycles. The summed E-state index contributed by atoms with van der Waals surface area (Å²) in [5.74, 6) is 0. The molecule has 2 fully saturated rings. The number of halogens is 1. The number of fused-ring (bicyclic) bond motifs is 1. The number of hydrogen-bond donors (Lipinski definition) is 1. The number of alkyl halides is 1. The Kier molecular flexibility index (Phi) is 7.81. The number of H-pyrrole nitrogens is 1. The molecular weight excluding hydrogens is 512 g/mol. The lowest BCUT2D eigenvalue weighted by molar-refractivity contribution is -0.0565. The van der Waals surface area contributed by atoms with Crippen molar-refractivity contribution in [3.63, 3.8) is 0 Å². The maximum absolute atomic E-state index is 12.5. The summed E-state index contributed by atoms with van der Waals surface area (Å²) in [6.45, 7) is 17.7. The maximum atomic E-state index is 12.5. The average Bonchev–Trinajstić information content (AvgIpc) is 2.96. The lowest BCUT2D eigenvalue weighted by atomic mass is 10.2. The second-order valence-electron chi connectivity index (χ2n) is 10.1. The van der Waals surface area contributed by atoms with Gasteiger partial charge in [0.2, 0.25) is 0 Å². The second-order valence-corrected chi connectivity index (χ2v) is 20.0. The molecule has 0 radical (unpaired) electrons. The molecule has 0 spiro atoms. The fraction of sp³-hybridized carbons (Fsp3) is 0.810. The smallest absolute Gasteiger partial charge is 0.335 e. The summed E-state index contributed by atoms with van der Waals surface area (Å²) in [5, 5.41) is 0. The Hall–Kier alpha value is -0.566. The zero-order valence-electron chi connectivity index (χ0n) is 20.3. The Morgan fingerprint density at radius 1 is 1.00 bits per heavy atom. The summed E-state index contributed by atoms with van der Waals surface area (Å²) in [7, 11) is -5.44. The second kappa shape index (κ2) is 9.59. The van der Waals surface area contributed by atoms with Gasteiger partial charge in [-0.05, 0) is 22.2 Å². The fourth-order valence-corrected chi connectivity index (χ4v) is 17.2. The number of hydrogen-bond acceptors (Lipinski definition) is 6. The van der Waals surface area contributed by atoms with E-state index in [1.165, 1.54) is 16.8 Å². The van der Waals surface area contributed by atoms with Gasteiger partial charge in [0, 0.05) is 12.3 Å². The van der Waals surface area contributed by atoms with Crippen molar-refractivity contribution in [1.29, 1.82) is 0 Å². The number of aromatic nitrogens is 2. The summed E-state index contributed by atoms with van der Waals surface area (Å²) in [5.41, 5.74) is -0.0723. The summed E-state index contributed by atoms with van der Waals surface area (Å²) in [6.07, 6.45) is 0.131. The molecule has 0 unspecified atom stereocenters. The van der Waals surface area contributed by atoms with Crippen LogP contribution >= 0.6 is 15.9 Å². The Morgan fingerprint density at radius 2 is 1.56 bits per heavy atom. The van der Waals surface area contributed by atoms with Gasteiger partial charge in [-0.3, -0.25) is 14.3 Å². The van der Waals surface area contributed by atoms with E-state index in [1.807, 2.05) is 0 Å². The first-order valence-electron chi connectivity index (χ1n) is 11.5. The molecule has 0 bridgehead atoms. The minimum Gasteiger partial charge on any atom is -0.414 e. The van der Waals surface area contributed by atoms with Crippen LogP contribution in [0.5, 0.6) is 0 Å². The molecule has 2 aliphatic rings. The molecule has 0 saturated carbocycles. The largest absolute Gasteiger partial charge is 0.414 e. The molecule has 0 aromatic carbocycles. The van der Waals surface area contributed by atoms with Crippen molar-refractivity contribution in [3.05, 3.63) is 33.1 Å². The first kappa shape index (κ1) is 26.0. The van der Waals surface area contributed by atoms with Gasteiger partial charge in [-0.15, -0.1) is 0 Å². The molecule has 1 aromatic rings. The van der Waals surface area contributed by atoms with Crippen molar-refractivity contribution in [2.45, 2.75) is 101 Å². The fourth-order valence-electron chi connectivity index (χ4n) is 4.96. The van der Waals surface area contributed by atoms with Gasteiger partial charge in [0.05, 0.1) is 17.5 Å². The van der Waals surface area contributed by atoms with E-state index in [9.17, 15) is 9.59 Å². The van der Waals surface area contributed by atoms with Crippen LogP contribution in [-0.2, 0) is 17.7 Å². The third kappa shape index (κ3) is 4.41. The highest BCUT2D eigenvalue weighted by Gasteiger charge is 2.61. The molecule has 32 heavy (non-hydrogen) atoms. The number of ether oxygens (including phenoxy) is 1. The molecule has 0 amide bonds. The van der Waals surface area contributed by atoms with Crippen LogP contribution in [-0.4, -0.2) is 50.3 Å². The number of rotatable bonds is 5. The zero-order chi connectivity index (χ0) is 24.0. The summed E-state index contributed by atoms with van der Waals surface area (Å²) in [6, 6.07) is 1.32. The van der Waals surface area contributed by atoms with E-state index in [0.29, 0.717) is 6.61 Å². The van der Waals surface area contributed by atoms with E-state index >= 15 is 0 Å². The van der Waals surface area contributed by atoms with Crippen molar-refractivity contribution >= 4 is 33.1 Å². The number of nitrogens with zero attached hydrogens (tertiary/aromatic N) is 1. The summed E-state index contributed by atoms with van der Waals surface area (Å²) >= 11 is 3.75. The van der Waals surface area contributed by atoms with Crippen LogP contribution in [0.15, 0.2) is 21.9 Å². The standard InChI is InChI=1S/C21H37BrN2O6Si2/c1-12(2)31(13(3)4)27-11-16-19(29-32(30-31,14(5)6)15(7)8)18(22)20(28-16)24-10-9-17(25)23-21(24)26/h9-10,12-16,18-20H,11H2,1-8H3,(H,23,25,26)/t16-,18-,19-,20-/m1/s1. The molecule has 0 aliphatic carbocycles. The first-order chi connectivity index (χ1) is 14.9. The van der Waals surface area contributed by atoms with Crippen LogP contribution in [0.1, 0.15) is 61.6 Å². The predicted molar refractivity (Wildman–Crippen MR) is 132 cm³/mol. The molecule has 3 rings (SSSR count). The van der Waals surface area contributed by atoms with Crippen LogP contribution in [0, 0.1) is 0 Å². The molecule has 3 heterocycles. The first-order valence-corrected chi connectivity index (χ1v) is 16.3. The van der Waals surface area contributed by atoms with E-state index in [-0.39, 0.29) is 39.2 Å². The van der Waals surface area contributed by atoms with Crippen LogP contribution in [0.4, 0.5) is 0 Å². The van der Waals surface area contributed by atoms with E-state index in [4.69, 9.17) is 17.7 Å². The van der Waals surface area contributed by atoms with Gasteiger partial charge in [0.15, 0.2) is 6.23 Å². The highest BCUT2D eigenvalue weighted by Crippen LogP contribution is 2.49. The minimum absolute atomic E-state index is 0.198. The van der Waals surface area contributed by atoms with Gasteiger partial charge >= 0.3 is 22.8 Å². The third-order valence-corrected chi connectivity index (χ3v) is 17.9. The third-order valence-electron chi connectivity index (χ3n) is 6.72. The lowest BCUT2D eigenvalue weighted by Crippen LogP contribution is -2.65. The normalized spacial score (nSPS) is 30.0. The average molecular weight is 550 g/mol. The zero-order valence-corrected chi connectivity index (χ0v) is 23.8. The van der Waals surface area contributed by atoms with E-state index in [2.05, 4.69) is 76.3 Å². The Morgan fingerprint density at radius 3 is 2.06 bits per heavy atom. The van der Waals surface area contributed by atoms with Gasteiger partial charge < -0.3 is 17.7 Å². The van der Waals surface area contributed by atoms with E-state index in [0.717, 1.165) is 0 Å². The van der Waals surface area contributed by atoms with Crippen molar-refractivity contribution in [3.8, 4) is 0 Å². The highest BCUT2D eigenvalue weighted by atomic mass is 79.9. The number of nitrogens with one attached hydrogen (secondary N) is 1. The van der Waals surface area contributed by atoms with Crippen LogP contribution in [0.3, 0.4) is 0 Å². The van der Waals surface area contributed by atoms with Crippen LogP contribution < -0.4 is 11.2 Å². The molecule has 1 N–H and O–H groups in total. The lowest BCUT2D eigenvalue weighted by Gasteiger charge is -2.51. The van der Waals surface area contributed by atoms with Crippen LogP contribution in [0.25, 0.3) is 0 Å². The van der Waals surface area contributed by atoms with Gasteiger partial charge in [-0.1, -0.05) is 71.3 Å². The summed E-state index contributed by atoms with van der Waals surface area (Å²) in [4.78, 5) is 26.0. The van der Waals surface area contributed by atoms with Crippen LogP contribution in [0.2, 0.25) is 22.2 Å². The van der Waals surface area contributed by atoms with Gasteiger partial charge in [-0.25, -0.2) is 4.79 Å². The van der Waals surface area contributed by atoms with E-state index in [1.54, 1.807) is 0 Å². The van der Waals surface area contributed by atoms with Crippen molar-refractivity contribution in [2.24, 2.45) is 0 Å². The Bertz CT molecular complexity index is 902. The minimum atomic E-state index is -2.78. The van der Waals surface area contributed by atoms with E-state index < -0.39 is 34.6 Å². The molecule has 11 heteroatoms. The maximum Gasteiger partial charge on any atom is 0.335 e. The Labute approximate surface area is 200 Å². The van der Waals surface area contributed by atoms with Gasteiger partial charge in [0.1, 0.15) is 6.10 Å². The molecule has 4 atom stereocenters. The SMILES string of the molecule is CC(C)[Si]1(C(C)C)OC[C@H]2O[C@@H](n3ccc(=O)[nH]c3=O)[C@H](Br)[C@@H]2O[Si](C(C)C)(C(C)C)O1. The molecular formula is C21H37BrN2O6Si2. The Balaban J connectivity index is 2.08. The van der Waals surface area contributed by atoms with Gasteiger partial charge in [-0.2, -0.15) is 0 Å².